The number of benzene rings is 1. The van der Waals surface area contributed by atoms with Crippen LogP contribution in [0.15, 0.2) is 24.3 Å². The molecule has 2 atom stereocenters. The van der Waals surface area contributed by atoms with Crippen LogP contribution in [-0.2, 0) is 4.74 Å². The van der Waals surface area contributed by atoms with Crippen molar-refractivity contribution in [1.82, 2.24) is 5.32 Å². The van der Waals surface area contributed by atoms with Crippen molar-refractivity contribution in [2.24, 2.45) is 5.92 Å². The molecule has 0 saturated carbocycles. The second-order valence-electron chi connectivity index (χ2n) is 5.05. The smallest absolute Gasteiger partial charge is 0.0507 e. The third kappa shape index (κ3) is 2.45. The van der Waals surface area contributed by atoms with E-state index >= 15 is 0 Å². The molecule has 1 aromatic carbocycles. The summed E-state index contributed by atoms with van der Waals surface area (Å²) < 4.78 is 5.38. The Kier molecular flexibility index (Phi) is 3.29. The number of hydrogen-bond acceptors (Lipinski definition) is 3. The Morgan fingerprint density at radius 2 is 2.24 bits per heavy atom. The second kappa shape index (κ2) is 5.07. The van der Waals surface area contributed by atoms with Crippen LogP contribution in [0.5, 0.6) is 0 Å². The topological polar surface area (TPSA) is 33.3 Å². The van der Waals surface area contributed by atoms with Crippen molar-refractivity contribution in [3.8, 4) is 0 Å². The highest BCUT2D eigenvalue weighted by Crippen LogP contribution is 2.30. The summed E-state index contributed by atoms with van der Waals surface area (Å²) >= 11 is 0. The van der Waals surface area contributed by atoms with Gasteiger partial charge in [-0.25, -0.2) is 0 Å². The fraction of sp³-hybridized carbons (Fsp3) is 0.571. The fourth-order valence-corrected chi connectivity index (χ4v) is 2.75. The van der Waals surface area contributed by atoms with Gasteiger partial charge in [-0.3, -0.25) is 0 Å². The van der Waals surface area contributed by atoms with Crippen molar-refractivity contribution < 1.29 is 4.74 Å². The summed E-state index contributed by atoms with van der Waals surface area (Å²) in [6.07, 6.45) is 1.21. The van der Waals surface area contributed by atoms with Gasteiger partial charge in [0.1, 0.15) is 0 Å². The first-order valence-corrected chi connectivity index (χ1v) is 6.55. The largest absolute Gasteiger partial charge is 0.384 e. The predicted molar refractivity (Wildman–Crippen MR) is 69.5 cm³/mol. The van der Waals surface area contributed by atoms with Crippen molar-refractivity contribution in [3.05, 3.63) is 29.8 Å². The maximum Gasteiger partial charge on any atom is 0.0507 e. The summed E-state index contributed by atoms with van der Waals surface area (Å²) in [5, 5.41) is 7.05. The SMILES string of the molecule is c1ccc2c(c1)NCC2CNCC1CCOC1. The van der Waals surface area contributed by atoms with Crippen molar-refractivity contribution >= 4 is 5.69 Å². The van der Waals surface area contributed by atoms with Crippen LogP contribution in [-0.4, -0.2) is 32.8 Å². The van der Waals surface area contributed by atoms with Crippen LogP contribution < -0.4 is 10.6 Å². The monoisotopic (exact) mass is 232 g/mol. The number of hydrogen-bond donors (Lipinski definition) is 2. The van der Waals surface area contributed by atoms with Gasteiger partial charge in [0.15, 0.2) is 0 Å². The Morgan fingerprint density at radius 1 is 1.29 bits per heavy atom. The summed E-state index contributed by atoms with van der Waals surface area (Å²) in [5.41, 5.74) is 2.77. The minimum atomic E-state index is 0.619. The predicted octanol–water partition coefficient (Wildman–Crippen LogP) is 1.82. The van der Waals surface area contributed by atoms with Crippen molar-refractivity contribution in [1.29, 1.82) is 0 Å². The zero-order valence-corrected chi connectivity index (χ0v) is 10.1. The van der Waals surface area contributed by atoms with Gasteiger partial charge in [0.2, 0.25) is 0 Å². The lowest BCUT2D eigenvalue weighted by molar-refractivity contribution is 0.185. The Morgan fingerprint density at radius 3 is 3.12 bits per heavy atom. The first-order chi connectivity index (χ1) is 8.43. The zero-order valence-electron chi connectivity index (χ0n) is 10.1. The van der Waals surface area contributed by atoms with Gasteiger partial charge in [0.25, 0.3) is 0 Å². The minimum Gasteiger partial charge on any atom is -0.384 e. The Labute approximate surface area is 103 Å². The molecule has 3 heteroatoms. The molecule has 1 aromatic rings. The molecule has 2 N–H and O–H groups in total. The van der Waals surface area contributed by atoms with E-state index in [2.05, 4.69) is 34.9 Å². The molecule has 0 amide bonds. The van der Waals surface area contributed by atoms with Gasteiger partial charge < -0.3 is 15.4 Å². The highest BCUT2D eigenvalue weighted by Gasteiger charge is 2.22. The van der Waals surface area contributed by atoms with Crippen molar-refractivity contribution in [2.45, 2.75) is 12.3 Å². The molecule has 2 aliphatic rings. The zero-order chi connectivity index (χ0) is 11.5. The standard InChI is InChI=1S/C14H20N2O/c1-2-4-14-13(3-1)12(9-16-14)8-15-7-11-5-6-17-10-11/h1-4,11-12,15-16H,5-10H2. The summed E-state index contributed by atoms with van der Waals surface area (Å²) in [6, 6.07) is 8.63. The molecule has 3 rings (SSSR count). The third-order valence-corrected chi connectivity index (χ3v) is 3.79. The van der Waals surface area contributed by atoms with Gasteiger partial charge >= 0.3 is 0 Å². The maximum atomic E-state index is 5.38. The first-order valence-electron chi connectivity index (χ1n) is 6.55. The summed E-state index contributed by atoms with van der Waals surface area (Å²) in [7, 11) is 0. The van der Waals surface area contributed by atoms with E-state index in [9.17, 15) is 0 Å². The molecule has 0 aliphatic carbocycles. The number of rotatable bonds is 4. The first kappa shape index (κ1) is 11.1. The van der Waals surface area contributed by atoms with E-state index in [1.165, 1.54) is 17.7 Å². The molecule has 1 fully saturated rings. The van der Waals surface area contributed by atoms with E-state index < -0.39 is 0 Å². The van der Waals surface area contributed by atoms with E-state index in [1.807, 2.05) is 0 Å². The van der Waals surface area contributed by atoms with Crippen molar-refractivity contribution in [2.75, 3.05) is 38.2 Å². The fourth-order valence-electron chi connectivity index (χ4n) is 2.75. The molecule has 3 nitrogen and oxygen atoms in total. The normalized spacial score (nSPS) is 26.8. The third-order valence-electron chi connectivity index (χ3n) is 3.79. The van der Waals surface area contributed by atoms with Crippen LogP contribution >= 0.6 is 0 Å². The van der Waals surface area contributed by atoms with Crippen LogP contribution in [0.25, 0.3) is 0 Å². The van der Waals surface area contributed by atoms with Crippen LogP contribution in [0.2, 0.25) is 0 Å². The van der Waals surface area contributed by atoms with Gasteiger partial charge in [-0.1, -0.05) is 18.2 Å². The summed E-state index contributed by atoms with van der Waals surface area (Å²) in [4.78, 5) is 0. The van der Waals surface area contributed by atoms with E-state index in [1.54, 1.807) is 0 Å². The summed E-state index contributed by atoms with van der Waals surface area (Å²) in [5.74, 6) is 1.34. The Balaban J connectivity index is 1.50. The number of fused-ring (bicyclic) bond motifs is 1. The Bertz CT molecular complexity index is 374. The molecule has 1 saturated heterocycles. The van der Waals surface area contributed by atoms with E-state index in [0.29, 0.717) is 5.92 Å². The highest BCUT2D eigenvalue weighted by atomic mass is 16.5. The average molecular weight is 232 g/mol. The van der Waals surface area contributed by atoms with Gasteiger partial charge in [0, 0.05) is 37.8 Å². The molecule has 17 heavy (non-hydrogen) atoms. The molecule has 2 unspecified atom stereocenters. The van der Waals surface area contributed by atoms with Crippen LogP contribution in [0.4, 0.5) is 5.69 Å². The van der Waals surface area contributed by atoms with Gasteiger partial charge in [0.05, 0.1) is 6.61 Å². The van der Waals surface area contributed by atoms with Crippen LogP contribution in [0, 0.1) is 5.92 Å². The Hall–Kier alpha value is -1.06. The average Bonchev–Trinajstić information content (AvgIpc) is 2.99. The molecule has 0 spiro atoms. The molecule has 0 bridgehead atoms. The maximum absolute atomic E-state index is 5.38. The van der Waals surface area contributed by atoms with E-state index in [-0.39, 0.29) is 0 Å². The number of ether oxygens (including phenoxy) is 1. The van der Waals surface area contributed by atoms with Crippen molar-refractivity contribution in [3.63, 3.8) is 0 Å². The van der Waals surface area contributed by atoms with E-state index in [4.69, 9.17) is 4.74 Å². The minimum absolute atomic E-state index is 0.619. The highest BCUT2D eigenvalue weighted by molar-refractivity contribution is 5.57. The van der Waals surface area contributed by atoms with Gasteiger partial charge in [-0.2, -0.15) is 0 Å². The number of nitrogens with one attached hydrogen (secondary N) is 2. The summed E-state index contributed by atoms with van der Waals surface area (Å²) in [6.45, 7) is 5.11. The lowest BCUT2D eigenvalue weighted by atomic mass is 10.0. The van der Waals surface area contributed by atoms with Crippen LogP contribution in [0.1, 0.15) is 17.9 Å². The second-order valence-corrected chi connectivity index (χ2v) is 5.05. The number of para-hydroxylation sites is 1. The number of anilines is 1. The quantitative estimate of drug-likeness (QED) is 0.831. The molecular weight excluding hydrogens is 212 g/mol. The molecule has 0 radical (unpaired) electrons. The van der Waals surface area contributed by atoms with Crippen LogP contribution in [0.3, 0.4) is 0 Å². The lowest BCUT2D eigenvalue weighted by Gasteiger charge is -2.14. The van der Waals surface area contributed by atoms with E-state index in [0.717, 1.165) is 38.8 Å². The molecule has 0 aromatic heterocycles. The van der Waals surface area contributed by atoms with Gasteiger partial charge in [-0.15, -0.1) is 0 Å². The molecule has 2 heterocycles. The molecule has 92 valence electrons. The van der Waals surface area contributed by atoms with Gasteiger partial charge in [-0.05, 0) is 24.0 Å². The molecule has 2 aliphatic heterocycles. The molecular formula is C14H20N2O. The lowest BCUT2D eigenvalue weighted by Crippen LogP contribution is -2.28.